The molecule has 0 saturated carbocycles. The largest absolute Gasteiger partial charge is 0.508 e. The van der Waals surface area contributed by atoms with Gasteiger partial charge in [0.15, 0.2) is 18.5 Å². The first-order valence-electron chi connectivity index (χ1n) is 13.1. The Bertz CT molecular complexity index is 1270. The molecule has 5 rings (SSSR count). The third-order valence-corrected chi connectivity index (χ3v) is 7.49. The fraction of sp³-hybridized carbons (Fsp3) is 0.519. The highest BCUT2D eigenvalue weighted by Crippen LogP contribution is 2.43. The van der Waals surface area contributed by atoms with Crippen LogP contribution in [0.25, 0.3) is 0 Å². The topological polar surface area (TPSA) is 245 Å². The van der Waals surface area contributed by atoms with Crippen LogP contribution in [0.3, 0.4) is 0 Å². The van der Waals surface area contributed by atoms with Crippen molar-refractivity contribution < 1.29 is 74.4 Å². The van der Waals surface area contributed by atoms with Crippen LogP contribution in [0, 0.1) is 0 Å². The molecule has 0 radical (unpaired) electrons. The first-order valence-corrected chi connectivity index (χ1v) is 13.1. The average molecular weight is 597 g/mol. The van der Waals surface area contributed by atoms with E-state index in [0.717, 1.165) is 6.07 Å². The highest BCUT2D eigenvalue weighted by atomic mass is 16.7. The van der Waals surface area contributed by atoms with Crippen molar-refractivity contribution in [3.63, 3.8) is 0 Å². The number of ether oxygens (including phenoxy) is 5. The van der Waals surface area contributed by atoms with E-state index in [1.807, 2.05) is 0 Å². The maximum Gasteiger partial charge on any atom is 0.229 e. The van der Waals surface area contributed by atoms with Crippen molar-refractivity contribution in [2.45, 2.75) is 80.5 Å². The van der Waals surface area contributed by atoms with E-state index >= 15 is 0 Å². The zero-order chi connectivity index (χ0) is 30.5. The molecule has 3 heterocycles. The van der Waals surface area contributed by atoms with Crippen molar-refractivity contribution >= 4 is 5.78 Å². The van der Waals surface area contributed by atoms with Crippen molar-refractivity contribution in [1.82, 2.24) is 0 Å². The van der Waals surface area contributed by atoms with Crippen LogP contribution in [0.5, 0.6) is 23.0 Å². The van der Waals surface area contributed by atoms with Gasteiger partial charge in [-0.25, -0.2) is 0 Å². The third-order valence-electron chi connectivity index (χ3n) is 7.49. The summed E-state index contributed by atoms with van der Waals surface area (Å²) in [5.74, 6) is -1.83. The van der Waals surface area contributed by atoms with Gasteiger partial charge in [-0.15, -0.1) is 0 Å². The molecule has 2 unspecified atom stereocenters. The Kier molecular flexibility index (Phi) is 8.60. The highest BCUT2D eigenvalue weighted by molar-refractivity contribution is 6.05. The van der Waals surface area contributed by atoms with E-state index in [1.54, 1.807) is 0 Å². The van der Waals surface area contributed by atoms with Crippen LogP contribution in [0.4, 0.5) is 0 Å². The fourth-order valence-electron chi connectivity index (χ4n) is 5.01. The van der Waals surface area contributed by atoms with Gasteiger partial charge in [0, 0.05) is 12.1 Å². The summed E-state index contributed by atoms with van der Waals surface area (Å²) in [6.07, 6.45) is -18.0. The Hall–Kier alpha value is -3.09. The second-order valence-electron chi connectivity index (χ2n) is 10.4. The van der Waals surface area contributed by atoms with Crippen LogP contribution < -0.4 is 9.47 Å². The van der Waals surface area contributed by atoms with Crippen LogP contribution in [-0.2, 0) is 14.2 Å². The summed E-state index contributed by atoms with van der Waals surface area (Å²) in [5.41, 5.74) is 0.0453. The first kappa shape index (κ1) is 30.4. The molecule has 3 aliphatic rings. The number of hydrogen-bond donors (Lipinski definition) is 9. The van der Waals surface area contributed by atoms with Gasteiger partial charge in [-0.05, 0) is 24.6 Å². The second kappa shape index (κ2) is 11.9. The van der Waals surface area contributed by atoms with Gasteiger partial charge < -0.3 is 69.6 Å². The van der Waals surface area contributed by atoms with Crippen LogP contribution >= 0.6 is 0 Å². The number of carbonyl (C=O) groups is 1. The summed E-state index contributed by atoms with van der Waals surface area (Å²) in [4.78, 5) is 12.9. The van der Waals surface area contributed by atoms with Crippen molar-refractivity contribution in [2.75, 3.05) is 6.61 Å². The van der Waals surface area contributed by atoms with E-state index in [0.29, 0.717) is 5.56 Å². The number of fused-ring (bicyclic) bond motifs is 1. The average Bonchev–Trinajstić information content (AvgIpc) is 2.96. The smallest absolute Gasteiger partial charge is 0.229 e. The van der Waals surface area contributed by atoms with Crippen LogP contribution in [0.15, 0.2) is 36.4 Å². The first-order chi connectivity index (χ1) is 19.9. The van der Waals surface area contributed by atoms with Crippen LogP contribution in [-0.4, -0.2) is 126 Å². The molecular weight excluding hydrogens is 564 g/mol. The number of ketones is 1. The van der Waals surface area contributed by atoms with Crippen molar-refractivity contribution in [1.29, 1.82) is 0 Å². The molecule has 9 N–H and O–H groups in total. The van der Waals surface area contributed by atoms with E-state index in [1.165, 1.54) is 37.3 Å². The Morgan fingerprint density at radius 2 is 1.43 bits per heavy atom. The van der Waals surface area contributed by atoms with Gasteiger partial charge >= 0.3 is 0 Å². The maximum absolute atomic E-state index is 12.9. The zero-order valence-electron chi connectivity index (χ0n) is 22.1. The van der Waals surface area contributed by atoms with Gasteiger partial charge in [0.05, 0.1) is 12.7 Å². The maximum atomic E-state index is 12.9. The van der Waals surface area contributed by atoms with E-state index < -0.39 is 91.8 Å². The van der Waals surface area contributed by atoms with Gasteiger partial charge in [0.25, 0.3) is 0 Å². The van der Waals surface area contributed by atoms with E-state index in [-0.39, 0.29) is 22.8 Å². The third kappa shape index (κ3) is 5.63. The normalized spacial score (nSPS) is 38.4. The molecule has 0 amide bonds. The van der Waals surface area contributed by atoms with Crippen molar-refractivity contribution in [3.05, 3.63) is 47.5 Å². The number of phenols is 2. The standard InChI is InChI=1S/C27H32O15/c1-9-17(30)20(33)23(36)26(39-9)38-8-15-18(31)21(34)24(37)27(42-15)40-12-6-13(29)16-14(7-12)41-25(22(35)19(16)32)10-2-4-11(28)5-3-10/h2-7,9,15,17-18,20-31,33-37H,8H2,1H3/t9-,15+,17-,18+,20+,21-,22?,23+,24+,25?,26+,27+/m0/s1. The Morgan fingerprint density at radius 3 is 2.12 bits per heavy atom. The lowest BCUT2D eigenvalue weighted by Crippen LogP contribution is -2.61. The van der Waals surface area contributed by atoms with Gasteiger partial charge in [0.1, 0.15) is 71.3 Å². The number of hydrogen-bond acceptors (Lipinski definition) is 15. The van der Waals surface area contributed by atoms with Crippen LogP contribution in [0.1, 0.15) is 28.9 Å². The molecule has 230 valence electrons. The molecule has 0 aliphatic carbocycles. The lowest BCUT2D eigenvalue weighted by Gasteiger charge is -2.42. The lowest BCUT2D eigenvalue weighted by molar-refractivity contribution is -0.318. The quantitative estimate of drug-likeness (QED) is 0.172. The summed E-state index contributed by atoms with van der Waals surface area (Å²) in [6, 6.07) is 7.79. The summed E-state index contributed by atoms with van der Waals surface area (Å²) < 4.78 is 27.8. The number of aliphatic hydroxyl groups is 7. The molecule has 42 heavy (non-hydrogen) atoms. The Labute approximate surface area is 238 Å². The molecular formula is C27H32O15. The molecule has 0 spiro atoms. The van der Waals surface area contributed by atoms with Crippen molar-refractivity contribution in [3.8, 4) is 23.0 Å². The van der Waals surface area contributed by atoms with Gasteiger partial charge in [-0.2, -0.15) is 0 Å². The predicted octanol–water partition coefficient (Wildman–Crippen LogP) is -2.19. The SMILES string of the molecule is C[C@@H]1O[C@@H](OC[C@H]2O[C@@H](Oc3cc(O)c4c(c3)OC(c3ccc(O)cc3)C(O)C4=O)[C@H](O)[C@@H](O)[C@@H]2O)[C@H](O)[C@H](O)[C@H]1O. The molecule has 3 aliphatic heterocycles. The van der Waals surface area contributed by atoms with Gasteiger partial charge in [0.2, 0.25) is 12.1 Å². The minimum absolute atomic E-state index is 0.0421. The summed E-state index contributed by atoms with van der Waals surface area (Å²) in [5, 5.41) is 92.0. The Morgan fingerprint density at radius 1 is 0.786 bits per heavy atom. The molecule has 2 saturated heterocycles. The number of carbonyl (C=O) groups excluding carboxylic acids is 1. The predicted molar refractivity (Wildman–Crippen MR) is 136 cm³/mol. The molecule has 2 aromatic carbocycles. The molecule has 15 nitrogen and oxygen atoms in total. The fourth-order valence-corrected chi connectivity index (χ4v) is 5.01. The van der Waals surface area contributed by atoms with E-state index in [2.05, 4.69) is 0 Å². The summed E-state index contributed by atoms with van der Waals surface area (Å²) >= 11 is 0. The Balaban J connectivity index is 1.32. The molecule has 12 atom stereocenters. The van der Waals surface area contributed by atoms with Gasteiger partial charge in [-0.1, -0.05) is 12.1 Å². The number of phenolic OH excluding ortho intramolecular Hbond substituents is 2. The minimum atomic E-state index is -1.79. The van der Waals surface area contributed by atoms with E-state index in [9.17, 15) is 50.8 Å². The number of aromatic hydroxyl groups is 2. The zero-order valence-corrected chi connectivity index (χ0v) is 22.1. The monoisotopic (exact) mass is 596 g/mol. The number of Topliss-reactive ketones (excluding diaryl/α,β-unsaturated/α-hetero) is 1. The molecule has 2 aromatic rings. The molecule has 2 fully saturated rings. The summed E-state index contributed by atoms with van der Waals surface area (Å²) in [7, 11) is 0. The van der Waals surface area contributed by atoms with Gasteiger partial charge in [-0.3, -0.25) is 4.79 Å². The number of rotatable bonds is 6. The lowest BCUT2D eigenvalue weighted by atomic mass is 9.93. The number of aliphatic hydroxyl groups excluding tert-OH is 7. The van der Waals surface area contributed by atoms with E-state index in [4.69, 9.17) is 23.7 Å². The summed E-state index contributed by atoms with van der Waals surface area (Å²) in [6.45, 7) is 0.937. The number of benzene rings is 2. The molecule has 0 aromatic heterocycles. The minimum Gasteiger partial charge on any atom is -0.508 e. The molecule has 15 heteroatoms. The highest BCUT2D eigenvalue weighted by Gasteiger charge is 2.47. The second-order valence-corrected chi connectivity index (χ2v) is 10.4. The van der Waals surface area contributed by atoms with Crippen LogP contribution in [0.2, 0.25) is 0 Å². The molecule has 0 bridgehead atoms. The van der Waals surface area contributed by atoms with Crippen molar-refractivity contribution in [2.24, 2.45) is 0 Å².